The maximum atomic E-state index is 11.6. The Bertz CT molecular complexity index is 514. The van der Waals surface area contributed by atoms with E-state index in [1.807, 2.05) is 4.68 Å². The van der Waals surface area contributed by atoms with Crippen LogP contribution in [0.1, 0.15) is 57.8 Å². The Balaban J connectivity index is 1.83. The quantitative estimate of drug-likeness (QED) is 0.920. The van der Waals surface area contributed by atoms with Crippen LogP contribution in [-0.4, -0.2) is 42.8 Å². The zero-order valence-electron chi connectivity index (χ0n) is 12.8. The first-order valence-corrected chi connectivity index (χ1v) is 7.95. The highest BCUT2D eigenvalue weighted by Crippen LogP contribution is 2.40. The van der Waals surface area contributed by atoms with Crippen molar-refractivity contribution >= 4 is 5.97 Å². The number of carboxylic acid groups (broad SMARTS) is 1. The summed E-state index contributed by atoms with van der Waals surface area (Å²) in [5.74, 6) is 0.720. The average Bonchev–Trinajstić information content (AvgIpc) is 3.04. The third-order valence-electron chi connectivity index (χ3n) is 4.97. The maximum absolute atomic E-state index is 11.6. The van der Waals surface area contributed by atoms with E-state index in [-0.39, 0.29) is 12.1 Å². The fourth-order valence-electron chi connectivity index (χ4n) is 4.00. The molecule has 2 aliphatic rings. The van der Waals surface area contributed by atoms with Crippen molar-refractivity contribution in [1.29, 1.82) is 0 Å². The van der Waals surface area contributed by atoms with Gasteiger partial charge in [0, 0.05) is 12.1 Å². The van der Waals surface area contributed by atoms with Gasteiger partial charge >= 0.3 is 5.97 Å². The fourth-order valence-corrected chi connectivity index (χ4v) is 4.00. The van der Waals surface area contributed by atoms with Crippen LogP contribution in [0.5, 0.6) is 0 Å². The molecule has 0 bridgehead atoms. The van der Waals surface area contributed by atoms with Gasteiger partial charge in [-0.05, 0) is 39.0 Å². The standard InChI is InChI=1S/C15H24N4O2/c1-10(2)19-14(16-9-17-19)8-18-12-6-4-3-5-11(12)7-13(18)15(20)21/h9-13H,3-8H2,1-2H3,(H,20,21). The summed E-state index contributed by atoms with van der Waals surface area (Å²) in [4.78, 5) is 18.1. The third-order valence-corrected chi connectivity index (χ3v) is 4.97. The van der Waals surface area contributed by atoms with E-state index in [0.29, 0.717) is 18.5 Å². The van der Waals surface area contributed by atoms with Crippen molar-refractivity contribution in [1.82, 2.24) is 19.7 Å². The van der Waals surface area contributed by atoms with Crippen LogP contribution in [0.25, 0.3) is 0 Å². The van der Waals surface area contributed by atoms with Crippen LogP contribution < -0.4 is 0 Å². The zero-order chi connectivity index (χ0) is 15.0. The van der Waals surface area contributed by atoms with Crippen LogP contribution in [-0.2, 0) is 11.3 Å². The van der Waals surface area contributed by atoms with Gasteiger partial charge in [0.2, 0.25) is 0 Å². The second kappa shape index (κ2) is 5.75. The SMILES string of the molecule is CC(C)n1ncnc1CN1C(C(=O)O)CC2CCCCC21. The lowest BCUT2D eigenvalue weighted by molar-refractivity contribution is -0.143. The molecule has 2 heterocycles. The Morgan fingerprint density at radius 1 is 1.43 bits per heavy atom. The summed E-state index contributed by atoms with van der Waals surface area (Å²) in [5, 5.41) is 13.8. The molecule has 0 spiro atoms. The highest BCUT2D eigenvalue weighted by molar-refractivity contribution is 5.74. The highest BCUT2D eigenvalue weighted by atomic mass is 16.4. The largest absolute Gasteiger partial charge is 0.480 e. The molecule has 3 rings (SSSR count). The molecule has 0 aromatic carbocycles. The second-order valence-electron chi connectivity index (χ2n) is 6.59. The van der Waals surface area contributed by atoms with E-state index in [1.165, 1.54) is 19.3 Å². The molecule has 0 radical (unpaired) electrons. The van der Waals surface area contributed by atoms with Crippen LogP contribution in [0.4, 0.5) is 0 Å². The maximum Gasteiger partial charge on any atom is 0.320 e. The Morgan fingerprint density at radius 2 is 2.19 bits per heavy atom. The van der Waals surface area contributed by atoms with E-state index in [0.717, 1.165) is 18.7 Å². The van der Waals surface area contributed by atoms with E-state index in [2.05, 4.69) is 28.8 Å². The van der Waals surface area contributed by atoms with Crippen LogP contribution in [0.3, 0.4) is 0 Å². The molecule has 6 nitrogen and oxygen atoms in total. The lowest BCUT2D eigenvalue weighted by Crippen LogP contribution is -2.42. The minimum atomic E-state index is -0.694. The summed E-state index contributed by atoms with van der Waals surface area (Å²) in [6.07, 6.45) is 7.09. The number of aliphatic carboxylic acids is 1. The Kier molecular flexibility index (Phi) is 3.97. The zero-order valence-corrected chi connectivity index (χ0v) is 12.8. The summed E-state index contributed by atoms with van der Waals surface area (Å²) >= 11 is 0. The van der Waals surface area contributed by atoms with Gasteiger partial charge in [0.1, 0.15) is 18.2 Å². The molecule has 1 aromatic rings. The predicted octanol–water partition coefficient (Wildman–Crippen LogP) is 2.08. The predicted molar refractivity (Wildman–Crippen MR) is 77.7 cm³/mol. The number of carboxylic acids is 1. The van der Waals surface area contributed by atoms with Gasteiger partial charge in [-0.15, -0.1) is 0 Å². The molecular formula is C15H24N4O2. The molecule has 1 saturated heterocycles. The molecule has 3 unspecified atom stereocenters. The summed E-state index contributed by atoms with van der Waals surface area (Å²) in [6, 6.07) is 0.281. The minimum absolute atomic E-state index is 0.246. The summed E-state index contributed by atoms with van der Waals surface area (Å²) in [6.45, 7) is 4.73. The number of aromatic nitrogens is 3. The van der Waals surface area contributed by atoms with Crippen molar-refractivity contribution in [2.24, 2.45) is 5.92 Å². The number of carbonyl (C=O) groups is 1. The Morgan fingerprint density at radius 3 is 2.90 bits per heavy atom. The summed E-state index contributed by atoms with van der Waals surface area (Å²) in [5.41, 5.74) is 0. The second-order valence-corrected chi connectivity index (χ2v) is 6.59. The van der Waals surface area contributed by atoms with Crippen molar-refractivity contribution in [3.8, 4) is 0 Å². The van der Waals surface area contributed by atoms with Gasteiger partial charge in [0.25, 0.3) is 0 Å². The van der Waals surface area contributed by atoms with Crippen molar-refractivity contribution in [3.05, 3.63) is 12.2 Å². The van der Waals surface area contributed by atoms with Gasteiger partial charge in [0.05, 0.1) is 6.54 Å². The number of hydrogen-bond acceptors (Lipinski definition) is 4. The Hall–Kier alpha value is -1.43. The first-order valence-electron chi connectivity index (χ1n) is 7.95. The molecule has 6 heteroatoms. The van der Waals surface area contributed by atoms with Gasteiger partial charge < -0.3 is 5.11 Å². The van der Waals surface area contributed by atoms with Crippen LogP contribution in [0.2, 0.25) is 0 Å². The molecule has 1 aromatic heterocycles. The molecule has 2 fully saturated rings. The minimum Gasteiger partial charge on any atom is -0.480 e. The fraction of sp³-hybridized carbons (Fsp3) is 0.800. The molecule has 1 aliphatic carbocycles. The molecule has 116 valence electrons. The van der Waals surface area contributed by atoms with E-state index in [1.54, 1.807) is 6.33 Å². The van der Waals surface area contributed by atoms with E-state index < -0.39 is 5.97 Å². The summed E-state index contributed by atoms with van der Waals surface area (Å²) < 4.78 is 1.90. The lowest BCUT2D eigenvalue weighted by atomic mass is 9.85. The number of hydrogen-bond donors (Lipinski definition) is 1. The monoisotopic (exact) mass is 292 g/mol. The van der Waals surface area contributed by atoms with Crippen molar-refractivity contribution in [2.75, 3.05) is 0 Å². The van der Waals surface area contributed by atoms with Crippen molar-refractivity contribution < 1.29 is 9.90 Å². The number of rotatable bonds is 4. The highest BCUT2D eigenvalue weighted by Gasteiger charge is 2.45. The lowest BCUT2D eigenvalue weighted by Gasteiger charge is -2.32. The molecule has 21 heavy (non-hydrogen) atoms. The van der Waals surface area contributed by atoms with Crippen LogP contribution >= 0.6 is 0 Å². The topological polar surface area (TPSA) is 71.2 Å². The van der Waals surface area contributed by atoms with Gasteiger partial charge in [-0.3, -0.25) is 9.69 Å². The first-order chi connectivity index (χ1) is 10.1. The smallest absolute Gasteiger partial charge is 0.320 e. The first kappa shape index (κ1) is 14.5. The van der Waals surface area contributed by atoms with Gasteiger partial charge in [-0.2, -0.15) is 5.10 Å². The van der Waals surface area contributed by atoms with Gasteiger partial charge in [0.15, 0.2) is 0 Å². The summed E-state index contributed by atoms with van der Waals surface area (Å²) in [7, 11) is 0. The number of nitrogens with zero attached hydrogens (tertiary/aromatic N) is 4. The Labute approximate surface area is 125 Å². The number of likely N-dealkylation sites (tertiary alicyclic amines) is 1. The molecule has 3 atom stereocenters. The van der Waals surface area contributed by atoms with Crippen molar-refractivity contribution in [3.63, 3.8) is 0 Å². The normalized spacial score (nSPS) is 29.8. The average molecular weight is 292 g/mol. The van der Waals surface area contributed by atoms with Gasteiger partial charge in [-0.1, -0.05) is 12.8 Å². The molecule has 1 saturated carbocycles. The third kappa shape index (κ3) is 2.69. The van der Waals surface area contributed by atoms with E-state index in [4.69, 9.17) is 0 Å². The number of fused-ring (bicyclic) bond motifs is 1. The molecule has 0 amide bonds. The van der Waals surface area contributed by atoms with E-state index >= 15 is 0 Å². The van der Waals surface area contributed by atoms with Crippen LogP contribution in [0, 0.1) is 5.92 Å². The molecular weight excluding hydrogens is 268 g/mol. The van der Waals surface area contributed by atoms with E-state index in [9.17, 15) is 9.90 Å². The van der Waals surface area contributed by atoms with Gasteiger partial charge in [-0.25, -0.2) is 9.67 Å². The van der Waals surface area contributed by atoms with Crippen LogP contribution in [0.15, 0.2) is 6.33 Å². The van der Waals surface area contributed by atoms with Crippen molar-refractivity contribution in [2.45, 2.75) is 70.6 Å². The molecule has 1 N–H and O–H groups in total. The molecule has 1 aliphatic heterocycles.